The van der Waals surface area contributed by atoms with E-state index in [2.05, 4.69) is 15.0 Å². The smallest absolute Gasteiger partial charge is 0.258 e. The molecule has 0 amide bonds. The number of hydrogen-bond acceptors (Lipinski definition) is 5. The fourth-order valence-electron chi connectivity index (χ4n) is 2.83. The number of aryl methyl sites for hydroxylation is 2. The summed E-state index contributed by atoms with van der Waals surface area (Å²) in [5, 5.41) is 0.680. The predicted octanol–water partition coefficient (Wildman–Crippen LogP) is 4.06. The second-order valence-corrected chi connectivity index (χ2v) is 7.29. The molecule has 0 saturated heterocycles. The highest BCUT2D eigenvalue weighted by atomic mass is 32.2. The first-order valence-electron chi connectivity index (χ1n) is 8.61. The van der Waals surface area contributed by atoms with E-state index in [4.69, 9.17) is 0 Å². The second-order valence-electron chi connectivity index (χ2n) is 6.35. The molecule has 5 nitrogen and oxygen atoms in total. The van der Waals surface area contributed by atoms with Gasteiger partial charge in [-0.05, 0) is 31.5 Å². The zero-order chi connectivity index (χ0) is 18.8. The van der Waals surface area contributed by atoms with Gasteiger partial charge in [-0.1, -0.05) is 48.2 Å². The van der Waals surface area contributed by atoms with Gasteiger partial charge in [0, 0.05) is 29.3 Å². The number of thioether (sulfide) groups is 1. The summed E-state index contributed by atoms with van der Waals surface area (Å²) in [6.45, 7) is 3.91. The van der Waals surface area contributed by atoms with Crippen LogP contribution in [0.3, 0.4) is 0 Å². The maximum Gasteiger partial charge on any atom is 0.258 e. The molecule has 0 saturated carbocycles. The van der Waals surface area contributed by atoms with Crippen LogP contribution >= 0.6 is 11.8 Å². The van der Waals surface area contributed by atoms with Crippen molar-refractivity contribution in [3.8, 4) is 11.3 Å². The van der Waals surface area contributed by atoms with Gasteiger partial charge in [0.15, 0.2) is 5.16 Å². The van der Waals surface area contributed by atoms with Crippen LogP contribution in [0.4, 0.5) is 0 Å². The van der Waals surface area contributed by atoms with Crippen LogP contribution in [0.1, 0.15) is 17.0 Å². The first kappa shape index (κ1) is 17.4. The van der Waals surface area contributed by atoms with E-state index < -0.39 is 0 Å². The zero-order valence-corrected chi connectivity index (χ0v) is 15.9. The lowest BCUT2D eigenvalue weighted by atomic mass is 10.1. The number of rotatable bonds is 4. The molecule has 6 heteroatoms. The normalized spacial score (nSPS) is 11.0. The Hall–Kier alpha value is -2.99. The highest BCUT2D eigenvalue weighted by Gasteiger charge is 2.08. The molecule has 0 unspecified atom stereocenters. The zero-order valence-electron chi connectivity index (χ0n) is 15.1. The minimum atomic E-state index is -0.0746. The van der Waals surface area contributed by atoms with E-state index in [9.17, 15) is 4.79 Å². The van der Waals surface area contributed by atoms with Gasteiger partial charge >= 0.3 is 0 Å². The molecule has 0 aliphatic heterocycles. The van der Waals surface area contributed by atoms with E-state index in [0.29, 0.717) is 16.6 Å². The monoisotopic (exact) mass is 374 g/mol. The van der Waals surface area contributed by atoms with Crippen LogP contribution in [0, 0.1) is 13.8 Å². The summed E-state index contributed by atoms with van der Waals surface area (Å²) in [7, 11) is 0. The number of benzene rings is 1. The molecule has 0 radical (unpaired) electrons. The summed E-state index contributed by atoms with van der Waals surface area (Å²) in [5.41, 5.74) is 5.19. The molecule has 0 aliphatic carbocycles. The van der Waals surface area contributed by atoms with Crippen molar-refractivity contribution in [3.63, 3.8) is 0 Å². The molecule has 3 heterocycles. The molecular weight excluding hydrogens is 356 g/mol. The average molecular weight is 374 g/mol. The predicted molar refractivity (Wildman–Crippen MR) is 108 cm³/mol. The van der Waals surface area contributed by atoms with Gasteiger partial charge in [-0.15, -0.1) is 0 Å². The molecule has 3 aromatic heterocycles. The Kier molecular flexibility index (Phi) is 4.73. The maximum atomic E-state index is 12.3. The number of pyridine rings is 1. The highest BCUT2D eigenvalue weighted by Crippen LogP contribution is 2.23. The third-order valence-corrected chi connectivity index (χ3v) is 4.99. The van der Waals surface area contributed by atoms with Crippen LogP contribution < -0.4 is 5.56 Å². The van der Waals surface area contributed by atoms with Gasteiger partial charge in [0.1, 0.15) is 5.65 Å². The van der Waals surface area contributed by atoms with Crippen LogP contribution in [0.2, 0.25) is 0 Å². The molecule has 0 aliphatic rings. The number of fused-ring (bicyclic) bond motifs is 1. The van der Waals surface area contributed by atoms with E-state index >= 15 is 0 Å². The van der Waals surface area contributed by atoms with Crippen molar-refractivity contribution in [1.82, 2.24) is 19.4 Å². The molecule has 0 atom stereocenters. The summed E-state index contributed by atoms with van der Waals surface area (Å²) >= 11 is 1.48. The molecule has 4 rings (SSSR count). The van der Waals surface area contributed by atoms with Crippen LogP contribution in [0.25, 0.3) is 16.9 Å². The SMILES string of the molecule is Cc1ccc2nc(CSc3nc(C)cc(-c4ccccc4)n3)cc(=O)n2c1. The topological polar surface area (TPSA) is 60.2 Å². The van der Waals surface area contributed by atoms with Crippen molar-refractivity contribution in [2.45, 2.75) is 24.8 Å². The van der Waals surface area contributed by atoms with E-state index in [1.165, 1.54) is 11.8 Å². The summed E-state index contributed by atoms with van der Waals surface area (Å²) in [6, 6.07) is 17.4. The van der Waals surface area contributed by atoms with Gasteiger partial charge in [-0.25, -0.2) is 15.0 Å². The Balaban J connectivity index is 1.60. The van der Waals surface area contributed by atoms with Crippen LogP contribution in [-0.2, 0) is 5.75 Å². The van der Waals surface area contributed by atoms with Crippen LogP contribution in [-0.4, -0.2) is 19.4 Å². The molecule has 0 fully saturated rings. The first-order chi connectivity index (χ1) is 13.1. The van der Waals surface area contributed by atoms with Gasteiger partial charge in [-0.2, -0.15) is 0 Å². The summed E-state index contributed by atoms with van der Waals surface area (Å²) in [4.78, 5) is 26.1. The highest BCUT2D eigenvalue weighted by molar-refractivity contribution is 7.98. The van der Waals surface area contributed by atoms with E-state index in [1.807, 2.05) is 62.4 Å². The van der Waals surface area contributed by atoms with Crippen LogP contribution in [0.5, 0.6) is 0 Å². The van der Waals surface area contributed by atoms with Crippen molar-refractivity contribution in [2.24, 2.45) is 0 Å². The minimum Gasteiger partial charge on any atom is -0.269 e. The van der Waals surface area contributed by atoms with Gasteiger partial charge in [0.2, 0.25) is 0 Å². The second kappa shape index (κ2) is 7.32. The van der Waals surface area contributed by atoms with Gasteiger partial charge in [0.05, 0.1) is 11.4 Å². The fourth-order valence-corrected chi connectivity index (χ4v) is 3.63. The molecule has 4 aromatic rings. The summed E-state index contributed by atoms with van der Waals surface area (Å²) in [5.74, 6) is 0.539. The van der Waals surface area contributed by atoms with Gasteiger partial charge < -0.3 is 0 Å². The van der Waals surface area contributed by atoms with Crippen molar-refractivity contribution in [1.29, 1.82) is 0 Å². The van der Waals surface area contributed by atoms with E-state index in [1.54, 1.807) is 16.7 Å². The largest absolute Gasteiger partial charge is 0.269 e. The lowest BCUT2D eigenvalue weighted by Gasteiger charge is -2.07. The summed E-state index contributed by atoms with van der Waals surface area (Å²) < 4.78 is 1.57. The maximum absolute atomic E-state index is 12.3. The third-order valence-electron chi connectivity index (χ3n) is 4.11. The quantitative estimate of drug-likeness (QED) is 0.398. The third kappa shape index (κ3) is 3.90. The fraction of sp³-hybridized carbons (Fsp3) is 0.143. The van der Waals surface area contributed by atoms with Gasteiger partial charge in [-0.3, -0.25) is 9.20 Å². The average Bonchev–Trinajstić information content (AvgIpc) is 2.67. The first-order valence-corrected chi connectivity index (χ1v) is 9.60. The number of aromatic nitrogens is 4. The van der Waals surface area contributed by atoms with Gasteiger partial charge in [0.25, 0.3) is 5.56 Å². The Bertz CT molecular complexity index is 1170. The van der Waals surface area contributed by atoms with E-state index in [0.717, 1.165) is 28.2 Å². The van der Waals surface area contributed by atoms with Crippen molar-refractivity contribution in [3.05, 3.63) is 88.1 Å². The summed E-state index contributed by atoms with van der Waals surface area (Å²) in [6.07, 6.45) is 1.80. The number of nitrogens with zero attached hydrogens (tertiary/aromatic N) is 4. The molecule has 27 heavy (non-hydrogen) atoms. The molecule has 0 bridgehead atoms. The standard InChI is InChI=1S/C21H18N4OS/c1-14-8-9-19-23-17(11-20(26)25(19)12-14)13-27-21-22-15(2)10-18(24-21)16-6-4-3-5-7-16/h3-12H,13H2,1-2H3. The lowest BCUT2D eigenvalue weighted by Crippen LogP contribution is -2.15. The molecule has 1 aromatic carbocycles. The van der Waals surface area contributed by atoms with Crippen molar-refractivity contribution in [2.75, 3.05) is 0 Å². The molecule has 0 N–H and O–H groups in total. The molecule has 134 valence electrons. The van der Waals surface area contributed by atoms with E-state index in [-0.39, 0.29) is 5.56 Å². The minimum absolute atomic E-state index is 0.0746. The van der Waals surface area contributed by atoms with Crippen LogP contribution in [0.15, 0.2) is 70.7 Å². The van der Waals surface area contributed by atoms with Crippen molar-refractivity contribution >= 4 is 17.4 Å². The lowest BCUT2D eigenvalue weighted by molar-refractivity contribution is 0.934. The number of hydrogen-bond donors (Lipinski definition) is 0. The Morgan fingerprint density at radius 2 is 1.78 bits per heavy atom. The Morgan fingerprint density at radius 1 is 0.963 bits per heavy atom. The molecule has 0 spiro atoms. The molecular formula is C21H18N4OS. The van der Waals surface area contributed by atoms with Crippen molar-refractivity contribution < 1.29 is 0 Å². The Labute approximate surface area is 161 Å². The Morgan fingerprint density at radius 3 is 2.59 bits per heavy atom.